The largest absolute Gasteiger partial charge is 0.461 e. The number of para-hydroxylation sites is 1. The van der Waals surface area contributed by atoms with Crippen molar-refractivity contribution in [3.05, 3.63) is 35.6 Å². The molecule has 0 unspecified atom stereocenters. The van der Waals surface area contributed by atoms with Crippen LogP contribution < -0.4 is 5.32 Å². The average Bonchev–Trinajstić information content (AvgIpc) is 2.84. The summed E-state index contributed by atoms with van der Waals surface area (Å²) < 4.78 is 5.99. The van der Waals surface area contributed by atoms with E-state index < -0.39 is 0 Å². The van der Waals surface area contributed by atoms with Crippen LogP contribution in [0, 0.1) is 0 Å². The van der Waals surface area contributed by atoms with Crippen LogP contribution in [0.25, 0.3) is 11.0 Å². The molecule has 2 aromatic rings. The number of hydrogen-bond acceptors (Lipinski definition) is 2. The zero-order chi connectivity index (χ0) is 14.5. The van der Waals surface area contributed by atoms with Gasteiger partial charge in [0.1, 0.15) is 11.3 Å². The molecule has 0 radical (unpaired) electrons. The van der Waals surface area contributed by atoms with Gasteiger partial charge in [-0.1, -0.05) is 57.2 Å². The molecule has 0 bridgehead atoms. The fourth-order valence-corrected chi connectivity index (χ4v) is 3.54. The molecule has 21 heavy (non-hydrogen) atoms. The summed E-state index contributed by atoms with van der Waals surface area (Å²) in [6.07, 6.45) is 10.6. The molecule has 0 atom stereocenters. The third kappa shape index (κ3) is 3.49. The molecule has 1 saturated carbocycles. The summed E-state index contributed by atoms with van der Waals surface area (Å²) in [5.74, 6) is 1.15. The topological polar surface area (TPSA) is 25.2 Å². The molecular weight excluding hydrogens is 258 g/mol. The van der Waals surface area contributed by atoms with Crippen LogP contribution in [-0.2, 0) is 13.0 Å². The quantitative estimate of drug-likeness (QED) is 0.835. The first-order valence-electron chi connectivity index (χ1n) is 8.61. The Labute approximate surface area is 127 Å². The van der Waals surface area contributed by atoms with Crippen molar-refractivity contribution in [1.29, 1.82) is 0 Å². The van der Waals surface area contributed by atoms with Gasteiger partial charge < -0.3 is 9.73 Å². The van der Waals surface area contributed by atoms with E-state index in [2.05, 4.69) is 36.5 Å². The van der Waals surface area contributed by atoms with Gasteiger partial charge in [-0.15, -0.1) is 0 Å². The minimum atomic E-state index is 0.684. The smallest absolute Gasteiger partial charge is 0.134 e. The van der Waals surface area contributed by atoms with E-state index in [0.29, 0.717) is 6.04 Å². The predicted molar refractivity (Wildman–Crippen MR) is 88.5 cm³/mol. The highest BCUT2D eigenvalue weighted by Crippen LogP contribution is 2.27. The van der Waals surface area contributed by atoms with Gasteiger partial charge in [0.25, 0.3) is 0 Å². The maximum absolute atomic E-state index is 5.99. The third-order valence-electron chi connectivity index (χ3n) is 4.78. The molecule has 1 aliphatic carbocycles. The van der Waals surface area contributed by atoms with Crippen molar-refractivity contribution in [2.24, 2.45) is 0 Å². The first kappa shape index (κ1) is 14.6. The molecule has 1 heterocycles. The molecule has 1 aromatic carbocycles. The van der Waals surface area contributed by atoms with Crippen molar-refractivity contribution in [2.75, 3.05) is 0 Å². The maximum atomic E-state index is 5.99. The molecule has 0 saturated heterocycles. The highest BCUT2D eigenvalue weighted by molar-refractivity contribution is 5.82. The van der Waals surface area contributed by atoms with Gasteiger partial charge in [-0.25, -0.2) is 0 Å². The minimum absolute atomic E-state index is 0.684. The van der Waals surface area contributed by atoms with Gasteiger partial charge in [-0.3, -0.25) is 0 Å². The first-order valence-corrected chi connectivity index (χ1v) is 8.61. The zero-order valence-electron chi connectivity index (χ0n) is 13.2. The van der Waals surface area contributed by atoms with E-state index in [9.17, 15) is 0 Å². The van der Waals surface area contributed by atoms with E-state index in [-0.39, 0.29) is 0 Å². The Morgan fingerprint density at radius 2 is 1.76 bits per heavy atom. The summed E-state index contributed by atoms with van der Waals surface area (Å²) in [4.78, 5) is 0. The fourth-order valence-electron chi connectivity index (χ4n) is 3.54. The highest BCUT2D eigenvalue weighted by atomic mass is 16.3. The number of furan rings is 1. The van der Waals surface area contributed by atoms with E-state index >= 15 is 0 Å². The average molecular weight is 285 g/mol. The molecule has 114 valence electrons. The Kier molecular flexibility index (Phi) is 4.97. The monoisotopic (exact) mass is 285 g/mol. The van der Waals surface area contributed by atoms with Gasteiger partial charge in [-0.05, 0) is 18.9 Å². The van der Waals surface area contributed by atoms with E-state index in [1.165, 1.54) is 55.9 Å². The van der Waals surface area contributed by atoms with Gasteiger partial charge in [0.05, 0.1) is 0 Å². The lowest BCUT2D eigenvalue weighted by Gasteiger charge is -2.21. The molecule has 1 N–H and O–H groups in total. The molecule has 1 aliphatic rings. The molecule has 2 heteroatoms. The number of hydrogen-bond donors (Lipinski definition) is 1. The lowest BCUT2D eigenvalue weighted by atomic mass is 9.96. The van der Waals surface area contributed by atoms with Crippen LogP contribution in [0.5, 0.6) is 0 Å². The van der Waals surface area contributed by atoms with Crippen LogP contribution in [0.4, 0.5) is 0 Å². The minimum Gasteiger partial charge on any atom is -0.461 e. The fraction of sp³-hybridized carbons (Fsp3) is 0.579. The Bertz CT molecular complexity index is 564. The summed E-state index contributed by atoms with van der Waals surface area (Å²) in [5.41, 5.74) is 2.40. The van der Waals surface area contributed by atoms with Crippen molar-refractivity contribution in [3.8, 4) is 0 Å². The first-order chi connectivity index (χ1) is 10.4. The molecule has 1 fully saturated rings. The summed E-state index contributed by atoms with van der Waals surface area (Å²) in [7, 11) is 0. The molecule has 2 nitrogen and oxygen atoms in total. The van der Waals surface area contributed by atoms with Crippen molar-refractivity contribution in [1.82, 2.24) is 5.32 Å². The van der Waals surface area contributed by atoms with Gasteiger partial charge in [0.2, 0.25) is 0 Å². The van der Waals surface area contributed by atoms with Gasteiger partial charge >= 0.3 is 0 Å². The molecule has 0 amide bonds. The van der Waals surface area contributed by atoms with Gasteiger partial charge in [0, 0.05) is 30.0 Å². The van der Waals surface area contributed by atoms with E-state index in [1.807, 2.05) is 0 Å². The number of benzene rings is 1. The van der Waals surface area contributed by atoms with E-state index in [1.54, 1.807) is 0 Å². The van der Waals surface area contributed by atoms with Gasteiger partial charge in [-0.2, -0.15) is 0 Å². The predicted octanol–water partition coefficient (Wildman–Crippen LogP) is 5.20. The Morgan fingerprint density at radius 1 is 1.05 bits per heavy atom. The van der Waals surface area contributed by atoms with Crippen molar-refractivity contribution in [3.63, 3.8) is 0 Å². The molecule has 0 spiro atoms. The van der Waals surface area contributed by atoms with Crippen molar-refractivity contribution in [2.45, 2.75) is 70.9 Å². The van der Waals surface area contributed by atoms with Crippen LogP contribution in [0.15, 0.2) is 28.7 Å². The van der Waals surface area contributed by atoms with E-state index in [4.69, 9.17) is 4.42 Å². The number of aryl methyl sites for hydroxylation is 1. The summed E-state index contributed by atoms with van der Waals surface area (Å²) in [6, 6.07) is 9.11. The Morgan fingerprint density at radius 3 is 2.52 bits per heavy atom. The zero-order valence-corrected chi connectivity index (χ0v) is 13.2. The second-order valence-corrected chi connectivity index (χ2v) is 6.28. The summed E-state index contributed by atoms with van der Waals surface area (Å²) in [6.45, 7) is 3.13. The van der Waals surface area contributed by atoms with Crippen LogP contribution >= 0.6 is 0 Å². The third-order valence-corrected chi connectivity index (χ3v) is 4.78. The Hall–Kier alpha value is -1.28. The number of rotatable bonds is 4. The Balaban J connectivity index is 1.71. The second kappa shape index (κ2) is 7.13. The van der Waals surface area contributed by atoms with Crippen molar-refractivity contribution < 1.29 is 4.42 Å². The van der Waals surface area contributed by atoms with E-state index in [0.717, 1.165) is 24.3 Å². The number of fused-ring (bicyclic) bond motifs is 1. The van der Waals surface area contributed by atoms with Crippen LogP contribution in [-0.4, -0.2) is 6.04 Å². The molecule has 0 aliphatic heterocycles. The second-order valence-electron chi connectivity index (χ2n) is 6.28. The molecule has 3 rings (SSSR count). The standard InChI is InChI=1S/C19H27NO/c1-2-18-17(16-12-8-9-13-19(16)21-18)14-20-15-10-6-4-3-5-7-11-15/h8-9,12-13,15,20H,2-7,10-11,14H2,1H3. The molecule has 1 aromatic heterocycles. The van der Waals surface area contributed by atoms with Crippen LogP contribution in [0.2, 0.25) is 0 Å². The van der Waals surface area contributed by atoms with Gasteiger partial charge in [0.15, 0.2) is 0 Å². The maximum Gasteiger partial charge on any atom is 0.134 e. The SMILES string of the molecule is CCc1oc2ccccc2c1CNC1CCCCCCC1. The summed E-state index contributed by atoms with van der Waals surface area (Å²) in [5, 5.41) is 5.08. The van der Waals surface area contributed by atoms with Crippen LogP contribution in [0.1, 0.15) is 63.2 Å². The normalized spacial score (nSPS) is 17.8. The van der Waals surface area contributed by atoms with Crippen LogP contribution in [0.3, 0.4) is 0 Å². The van der Waals surface area contributed by atoms with Crippen molar-refractivity contribution >= 4 is 11.0 Å². The summed E-state index contributed by atoms with van der Waals surface area (Å²) >= 11 is 0. The molecular formula is C19H27NO. The number of nitrogens with one attached hydrogen (secondary N) is 1. The highest BCUT2D eigenvalue weighted by Gasteiger charge is 2.15. The lowest BCUT2D eigenvalue weighted by molar-refractivity contribution is 0.387. The lowest BCUT2D eigenvalue weighted by Crippen LogP contribution is -2.29.